The van der Waals surface area contributed by atoms with Crippen molar-refractivity contribution >= 4 is 11.8 Å². The Morgan fingerprint density at radius 2 is 2.14 bits per heavy atom. The second-order valence-electron chi connectivity index (χ2n) is 4.55. The molecule has 1 N–H and O–H groups in total. The third kappa shape index (κ3) is 2.64. The summed E-state index contributed by atoms with van der Waals surface area (Å²) in [5.41, 5.74) is -1.74. The van der Waals surface area contributed by atoms with Gasteiger partial charge in [-0.15, -0.1) is 0 Å². The van der Waals surface area contributed by atoms with Gasteiger partial charge in [0.25, 0.3) is 0 Å². The quantitative estimate of drug-likeness (QED) is 0.909. The van der Waals surface area contributed by atoms with E-state index in [1.165, 1.54) is 19.1 Å². The van der Waals surface area contributed by atoms with Crippen LogP contribution in [0.2, 0.25) is 0 Å². The van der Waals surface area contributed by atoms with Crippen LogP contribution in [0.1, 0.15) is 18.1 Å². The van der Waals surface area contributed by atoms with E-state index in [2.05, 4.69) is 0 Å². The second kappa shape index (κ2) is 5.26. The van der Waals surface area contributed by atoms with E-state index in [9.17, 15) is 23.1 Å². The predicted octanol–water partition coefficient (Wildman–Crippen LogP) is 2.28. The number of aliphatic hydroxyl groups is 1. The number of benzene rings is 1. The number of ether oxygens (including phenoxy) is 1. The fourth-order valence-electron chi connectivity index (χ4n) is 2.18. The van der Waals surface area contributed by atoms with Crippen LogP contribution in [0.15, 0.2) is 18.2 Å². The summed E-state index contributed by atoms with van der Waals surface area (Å²) < 4.78 is 43.7. The minimum Gasteiger partial charge on any atom is -0.444 e. The number of nitrogens with zero attached hydrogens (tertiary/aromatic N) is 2. The topological polar surface area (TPSA) is 73.6 Å². The first-order chi connectivity index (χ1) is 9.79. The Labute approximate surface area is 118 Å². The highest BCUT2D eigenvalue weighted by atomic mass is 19.4. The van der Waals surface area contributed by atoms with Crippen molar-refractivity contribution in [1.29, 1.82) is 5.26 Å². The zero-order chi connectivity index (χ0) is 15.8. The standard InChI is InChI=1S/C13H11F3N2O3/c1-7-11(6-19)18(12(20)21-7)9-3-2-8(5-17)10(4-9)13(14,15)16/h2-4,7,11,19H,6H2,1H3. The number of hydrogen-bond acceptors (Lipinski definition) is 4. The van der Waals surface area contributed by atoms with Crippen LogP contribution in [-0.2, 0) is 10.9 Å². The summed E-state index contributed by atoms with van der Waals surface area (Å²) >= 11 is 0. The van der Waals surface area contributed by atoms with E-state index < -0.39 is 42.1 Å². The van der Waals surface area contributed by atoms with Crippen molar-refractivity contribution in [1.82, 2.24) is 0 Å². The molecule has 1 amide bonds. The third-order valence-corrected chi connectivity index (χ3v) is 3.25. The maximum absolute atomic E-state index is 12.9. The van der Waals surface area contributed by atoms with E-state index in [1.54, 1.807) is 0 Å². The lowest BCUT2D eigenvalue weighted by Gasteiger charge is -2.22. The first kappa shape index (κ1) is 15.1. The Bertz CT molecular complexity index is 610. The summed E-state index contributed by atoms with van der Waals surface area (Å²) in [5, 5.41) is 18.0. The van der Waals surface area contributed by atoms with Crippen LogP contribution >= 0.6 is 0 Å². The maximum atomic E-state index is 12.9. The molecule has 1 aliphatic rings. The molecular weight excluding hydrogens is 289 g/mol. The Hall–Kier alpha value is -2.27. The van der Waals surface area contributed by atoms with Crippen LogP contribution in [0.4, 0.5) is 23.7 Å². The van der Waals surface area contributed by atoms with Gasteiger partial charge in [-0.05, 0) is 25.1 Å². The molecular formula is C13H11F3N2O3. The molecule has 0 saturated carbocycles. The SMILES string of the molecule is CC1OC(=O)N(c2ccc(C#N)c(C(F)(F)F)c2)C1CO. The molecule has 0 radical (unpaired) electrons. The lowest BCUT2D eigenvalue weighted by Crippen LogP contribution is -2.38. The average Bonchev–Trinajstić information content (AvgIpc) is 2.71. The number of amides is 1. The van der Waals surface area contributed by atoms with Crippen molar-refractivity contribution in [3.8, 4) is 6.07 Å². The van der Waals surface area contributed by atoms with Gasteiger partial charge < -0.3 is 9.84 Å². The lowest BCUT2D eigenvalue weighted by molar-refractivity contribution is -0.137. The van der Waals surface area contributed by atoms with Gasteiger partial charge in [-0.2, -0.15) is 18.4 Å². The number of nitriles is 1. The van der Waals surface area contributed by atoms with E-state index >= 15 is 0 Å². The third-order valence-electron chi connectivity index (χ3n) is 3.25. The first-order valence-corrected chi connectivity index (χ1v) is 6.01. The van der Waals surface area contributed by atoms with E-state index in [1.807, 2.05) is 0 Å². The summed E-state index contributed by atoms with van der Waals surface area (Å²) in [7, 11) is 0. The molecule has 2 unspecified atom stereocenters. The predicted molar refractivity (Wildman–Crippen MR) is 65.5 cm³/mol. The molecule has 112 valence electrons. The number of anilines is 1. The van der Waals surface area contributed by atoms with E-state index in [-0.39, 0.29) is 5.69 Å². The van der Waals surface area contributed by atoms with Crippen molar-refractivity contribution in [2.45, 2.75) is 25.2 Å². The first-order valence-electron chi connectivity index (χ1n) is 6.01. The van der Waals surface area contributed by atoms with Crippen LogP contribution in [0.5, 0.6) is 0 Å². The Morgan fingerprint density at radius 1 is 1.48 bits per heavy atom. The molecule has 0 aliphatic carbocycles. The number of hydrogen-bond donors (Lipinski definition) is 1. The highest BCUT2D eigenvalue weighted by Crippen LogP contribution is 2.36. The molecule has 5 nitrogen and oxygen atoms in total. The highest BCUT2D eigenvalue weighted by Gasteiger charge is 2.41. The molecule has 1 saturated heterocycles. The van der Waals surface area contributed by atoms with Gasteiger partial charge in [0.05, 0.1) is 23.8 Å². The molecule has 0 aromatic heterocycles. The van der Waals surface area contributed by atoms with Gasteiger partial charge in [0.15, 0.2) is 0 Å². The molecule has 2 rings (SSSR count). The molecule has 1 aromatic rings. The van der Waals surface area contributed by atoms with E-state index in [0.717, 1.165) is 11.0 Å². The summed E-state index contributed by atoms with van der Waals surface area (Å²) in [6.07, 6.45) is -6.20. The average molecular weight is 300 g/mol. The highest BCUT2D eigenvalue weighted by molar-refractivity contribution is 5.91. The molecule has 21 heavy (non-hydrogen) atoms. The maximum Gasteiger partial charge on any atom is 0.417 e. The van der Waals surface area contributed by atoms with Crippen molar-refractivity contribution in [2.75, 3.05) is 11.5 Å². The minimum atomic E-state index is -4.72. The molecule has 1 heterocycles. The molecule has 0 bridgehead atoms. The van der Waals surface area contributed by atoms with Crippen molar-refractivity contribution < 1.29 is 27.8 Å². The van der Waals surface area contributed by atoms with Gasteiger partial charge in [0.2, 0.25) is 0 Å². The molecule has 1 aromatic carbocycles. The normalized spacial score (nSPS) is 22.1. The second-order valence-corrected chi connectivity index (χ2v) is 4.55. The number of halogens is 3. The molecule has 8 heteroatoms. The fraction of sp³-hybridized carbons (Fsp3) is 0.385. The van der Waals surface area contributed by atoms with Gasteiger partial charge in [-0.1, -0.05) is 0 Å². The number of carbonyl (C=O) groups is 1. The van der Waals surface area contributed by atoms with Gasteiger partial charge in [-0.3, -0.25) is 4.90 Å². The number of alkyl halides is 3. The zero-order valence-electron chi connectivity index (χ0n) is 10.9. The molecule has 1 fully saturated rings. The van der Waals surface area contributed by atoms with Gasteiger partial charge in [-0.25, -0.2) is 4.79 Å². The minimum absolute atomic E-state index is 0.0743. The number of cyclic esters (lactones) is 1. The van der Waals surface area contributed by atoms with Crippen molar-refractivity contribution in [3.05, 3.63) is 29.3 Å². The summed E-state index contributed by atoms with van der Waals surface area (Å²) in [4.78, 5) is 12.7. The van der Waals surface area contributed by atoms with Crippen molar-refractivity contribution in [2.24, 2.45) is 0 Å². The van der Waals surface area contributed by atoms with Gasteiger partial charge in [0, 0.05) is 5.69 Å². The largest absolute Gasteiger partial charge is 0.444 e. The van der Waals surface area contributed by atoms with Crippen LogP contribution in [0, 0.1) is 11.3 Å². The molecule has 0 spiro atoms. The Balaban J connectivity index is 2.51. The molecule has 2 atom stereocenters. The van der Waals surface area contributed by atoms with Crippen LogP contribution in [-0.4, -0.2) is 30.0 Å². The Kier molecular flexibility index (Phi) is 3.78. The fourth-order valence-corrected chi connectivity index (χ4v) is 2.18. The number of rotatable bonds is 2. The van der Waals surface area contributed by atoms with Gasteiger partial charge >= 0.3 is 12.3 Å². The lowest BCUT2D eigenvalue weighted by atomic mass is 10.1. The molecule has 1 aliphatic heterocycles. The summed E-state index contributed by atoms with van der Waals surface area (Å²) in [6.45, 7) is 1.08. The van der Waals surface area contributed by atoms with Crippen LogP contribution in [0.25, 0.3) is 0 Å². The van der Waals surface area contributed by atoms with E-state index in [0.29, 0.717) is 6.07 Å². The Morgan fingerprint density at radius 3 is 2.67 bits per heavy atom. The summed E-state index contributed by atoms with van der Waals surface area (Å²) in [5.74, 6) is 0. The van der Waals surface area contributed by atoms with E-state index in [4.69, 9.17) is 10.00 Å². The van der Waals surface area contributed by atoms with Crippen molar-refractivity contribution in [3.63, 3.8) is 0 Å². The van der Waals surface area contributed by atoms with Crippen LogP contribution in [0.3, 0.4) is 0 Å². The van der Waals surface area contributed by atoms with Gasteiger partial charge in [0.1, 0.15) is 12.1 Å². The number of carbonyl (C=O) groups excluding carboxylic acids is 1. The zero-order valence-corrected chi connectivity index (χ0v) is 10.9. The van der Waals surface area contributed by atoms with Crippen LogP contribution < -0.4 is 4.90 Å². The number of aliphatic hydroxyl groups excluding tert-OH is 1. The monoisotopic (exact) mass is 300 g/mol. The summed E-state index contributed by atoms with van der Waals surface area (Å²) in [6, 6.07) is 3.61. The smallest absolute Gasteiger partial charge is 0.417 e.